The van der Waals surface area contributed by atoms with Gasteiger partial charge < -0.3 is 19.7 Å². The highest BCUT2D eigenvalue weighted by molar-refractivity contribution is 7.89. The van der Waals surface area contributed by atoms with Gasteiger partial charge in [-0.1, -0.05) is 27.7 Å². The maximum atomic E-state index is 13.3. The lowest BCUT2D eigenvalue weighted by atomic mass is 10.0. The van der Waals surface area contributed by atoms with Gasteiger partial charge in [0, 0.05) is 30.1 Å². The van der Waals surface area contributed by atoms with Gasteiger partial charge in [0.25, 0.3) is 5.91 Å². The Kier molecular flexibility index (Phi) is 10.1. The van der Waals surface area contributed by atoms with Crippen molar-refractivity contribution in [2.45, 2.75) is 52.5 Å². The zero-order valence-corrected chi connectivity index (χ0v) is 24.9. The molecule has 2 heterocycles. The van der Waals surface area contributed by atoms with Gasteiger partial charge in [-0.15, -0.1) is 11.3 Å². The maximum absolute atomic E-state index is 13.3. The quantitative estimate of drug-likeness (QED) is 0.408. The SMILES string of the molecule is CCOC(=O)N1CCc2c(sc(NC(=O)c3ccc(S(=O)(=O)N(CC(C)C)CC(C)C)cc3)c2C(=O)OC)C1. The third kappa shape index (κ3) is 7.17. The van der Waals surface area contributed by atoms with Crippen molar-refractivity contribution in [2.75, 3.05) is 38.7 Å². The van der Waals surface area contributed by atoms with Gasteiger partial charge in [-0.3, -0.25) is 4.79 Å². The van der Waals surface area contributed by atoms with Crippen molar-refractivity contribution in [3.05, 3.63) is 45.8 Å². The molecule has 0 unspecified atom stereocenters. The fourth-order valence-corrected chi connectivity index (χ4v) is 7.38. The predicted molar refractivity (Wildman–Crippen MR) is 150 cm³/mol. The molecule has 2 amide bonds. The molecule has 0 bridgehead atoms. The molecule has 1 N–H and O–H groups in total. The molecule has 2 aromatic rings. The Morgan fingerprint density at radius 1 is 1.08 bits per heavy atom. The van der Waals surface area contributed by atoms with E-state index in [0.29, 0.717) is 31.1 Å². The first-order chi connectivity index (χ1) is 18.4. The summed E-state index contributed by atoms with van der Waals surface area (Å²) >= 11 is 1.21. The van der Waals surface area contributed by atoms with Gasteiger partial charge in [-0.2, -0.15) is 4.31 Å². The summed E-state index contributed by atoms with van der Waals surface area (Å²) in [5.41, 5.74) is 1.25. The molecule has 0 fully saturated rings. The number of methoxy groups -OCH3 is 1. The van der Waals surface area contributed by atoms with Gasteiger partial charge in [-0.05, 0) is 55.0 Å². The van der Waals surface area contributed by atoms with E-state index in [1.54, 1.807) is 11.8 Å². The van der Waals surface area contributed by atoms with Crippen LogP contribution >= 0.6 is 11.3 Å². The van der Waals surface area contributed by atoms with E-state index in [-0.39, 0.29) is 41.0 Å². The van der Waals surface area contributed by atoms with Crippen LogP contribution in [-0.2, 0) is 32.5 Å². The fourth-order valence-electron chi connectivity index (χ4n) is 4.37. The first-order valence-electron chi connectivity index (χ1n) is 12.9. The van der Waals surface area contributed by atoms with Crippen LogP contribution in [0.3, 0.4) is 0 Å². The molecule has 1 aromatic carbocycles. The van der Waals surface area contributed by atoms with Gasteiger partial charge in [-0.25, -0.2) is 18.0 Å². The first-order valence-corrected chi connectivity index (χ1v) is 15.2. The molecule has 1 aliphatic heterocycles. The maximum Gasteiger partial charge on any atom is 0.410 e. The van der Waals surface area contributed by atoms with Crippen LogP contribution in [0.4, 0.5) is 9.80 Å². The average molecular weight is 580 g/mol. The number of benzene rings is 1. The molecule has 1 aliphatic rings. The summed E-state index contributed by atoms with van der Waals surface area (Å²) in [5, 5.41) is 3.10. The second-order valence-corrected chi connectivity index (χ2v) is 13.2. The highest BCUT2D eigenvalue weighted by atomic mass is 32.2. The number of carbonyl (C=O) groups excluding carboxylic acids is 3. The summed E-state index contributed by atoms with van der Waals surface area (Å²) in [4.78, 5) is 40.4. The van der Waals surface area contributed by atoms with Crippen molar-refractivity contribution in [3.8, 4) is 0 Å². The molecule has 39 heavy (non-hydrogen) atoms. The summed E-state index contributed by atoms with van der Waals surface area (Å²) in [6.45, 7) is 11.3. The number of fused-ring (bicyclic) bond motifs is 1. The summed E-state index contributed by atoms with van der Waals surface area (Å²) in [6, 6.07) is 5.77. The smallest absolute Gasteiger partial charge is 0.410 e. The minimum Gasteiger partial charge on any atom is -0.465 e. The minimum absolute atomic E-state index is 0.112. The van der Waals surface area contributed by atoms with Crippen molar-refractivity contribution >= 4 is 44.3 Å². The molecule has 214 valence electrons. The molecule has 0 saturated heterocycles. The Labute approximate surface area is 234 Å². The lowest BCUT2D eigenvalue weighted by molar-refractivity contribution is 0.0600. The van der Waals surface area contributed by atoms with E-state index < -0.39 is 28.0 Å². The minimum atomic E-state index is -3.73. The first kappa shape index (κ1) is 30.6. The van der Waals surface area contributed by atoms with Crippen LogP contribution in [0.1, 0.15) is 65.8 Å². The van der Waals surface area contributed by atoms with E-state index in [1.807, 2.05) is 27.7 Å². The van der Waals surface area contributed by atoms with Gasteiger partial charge >= 0.3 is 12.1 Å². The van der Waals surface area contributed by atoms with Crippen LogP contribution in [0.5, 0.6) is 0 Å². The summed E-state index contributed by atoms with van der Waals surface area (Å²) in [5.74, 6) is -0.752. The standard InChI is InChI=1S/C27H37N3O7S2/c1-7-37-27(33)29-13-12-21-22(16-29)38-25(23(21)26(32)36-6)28-24(31)19-8-10-20(11-9-19)39(34,35)30(14-17(2)3)15-18(4)5/h8-11,17-18H,7,12-16H2,1-6H3,(H,28,31). The molecule has 0 radical (unpaired) electrons. The molecule has 0 saturated carbocycles. The molecule has 0 spiro atoms. The van der Waals surface area contributed by atoms with E-state index in [2.05, 4.69) is 5.32 Å². The van der Waals surface area contributed by atoms with Crippen LogP contribution in [0.2, 0.25) is 0 Å². The second-order valence-electron chi connectivity index (χ2n) is 10.2. The number of hydrogen-bond donors (Lipinski definition) is 1. The number of anilines is 1. The normalized spacial score (nSPS) is 13.5. The van der Waals surface area contributed by atoms with Crippen molar-refractivity contribution in [3.63, 3.8) is 0 Å². The fraction of sp³-hybridized carbons (Fsp3) is 0.519. The predicted octanol–water partition coefficient (Wildman–Crippen LogP) is 4.60. The zero-order valence-electron chi connectivity index (χ0n) is 23.3. The number of nitrogens with one attached hydrogen (secondary N) is 1. The van der Waals surface area contributed by atoms with Gasteiger partial charge in [0.2, 0.25) is 10.0 Å². The van der Waals surface area contributed by atoms with Crippen LogP contribution in [-0.4, -0.2) is 68.9 Å². The van der Waals surface area contributed by atoms with E-state index in [9.17, 15) is 22.8 Å². The zero-order chi connectivity index (χ0) is 28.9. The number of hydrogen-bond acceptors (Lipinski definition) is 8. The molecule has 12 heteroatoms. The lowest BCUT2D eigenvalue weighted by Crippen LogP contribution is -2.37. The van der Waals surface area contributed by atoms with Crippen LogP contribution in [0.15, 0.2) is 29.2 Å². The molecule has 10 nitrogen and oxygen atoms in total. The molecular weight excluding hydrogens is 542 g/mol. The largest absolute Gasteiger partial charge is 0.465 e. The van der Waals surface area contributed by atoms with Crippen molar-refractivity contribution in [1.29, 1.82) is 0 Å². The highest BCUT2D eigenvalue weighted by Crippen LogP contribution is 2.38. The number of ether oxygens (including phenoxy) is 2. The monoisotopic (exact) mass is 579 g/mol. The lowest BCUT2D eigenvalue weighted by Gasteiger charge is -2.26. The molecule has 1 aromatic heterocycles. The summed E-state index contributed by atoms with van der Waals surface area (Å²) in [7, 11) is -2.46. The average Bonchev–Trinajstić information content (AvgIpc) is 3.24. The third-order valence-electron chi connectivity index (χ3n) is 6.09. The van der Waals surface area contributed by atoms with Crippen molar-refractivity contribution in [2.24, 2.45) is 11.8 Å². The second kappa shape index (κ2) is 12.9. The van der Waals surface area contributed by atoms with Crippen LogP contribution < -0.4 is 5.32 Å². The molecule has 0 aliphatic carbocycles. The number of carbonyl (C=O) groups is 3. The van der Waals surface area contributed by atoms with E-state index >= 15 is 0 Å². The van der Waals surface area contributed by atoms with Crippen molar-refractivity contribution in [1.82, 2.24) is 9.21 Å². The number of thiophene rings is 1. The van der Waals surface area contributed by atoms with Gasteiger partial charge in [0.05, 0.1) is 30.7 Å². The highest BCUT2D eigenvalue weighted by Gasteiger charge is 2.32. The number of sulfonamides is 1. The molecule has 3 rings (SSSR count). The molecule has 0 atom stereocenters. The van der Waals surface area contributed by atoms with E-state index in [1.165, 1.54) is 47.0 Å². The molecular formula is C27H37N3O7S2. The number of amides is 2. The third-order valence-corrected chi connectivity index (χ3v) is 9.07. The topological polar surface area (TPSA) is 122 Å². The Morgan fingerprint density at radius 2 is 1.69 bits per heavy atom. The Bertz CT molecular complexity index is 1290. The summed E-state index contributed by atoms with van der Waals surface area (Å²) in [6.07, 6.45) is -0.0158. The van der Waals surface area contributed by atoms with Crippen LogP contribution in [0, 0.1) is 11.8 Å². The number of nitrogens with zero attached hydrogens (tertiary/aromatic N) is 2. The number of esters is 1. The van der Waals surface area contributed by atoms with Crippen molar-refractivity contribution < 1.29 is 32.3 Å². The van der Waals surface area contributed by atoms with E-state index in [4.69, 9.17) is 9.47 Å². The Hall–Kier alpha value is -2.96. The van der Waals surface area contributed by atoms with E-state index in [0.717, 1.165) is 10.4 Å². The van der Waals surface area contributed by atoms with Gasteiger partial charge in [0.1, 0.15) is 5.00 Å². The van der Waals surface area contributed by atoms with Crippen LogP contribution in [0.25, 0.3) is 0 Å². The Morgan fingerprint density at radius 3 is 2.23 bits per heavy atom. The number of rotatable bonds is 10. The van der Waals surface area contributed by atoms with Gasteiger partial charge in [0.15, 0.2) is 0 Å². The Balaban J connectivity index is 1.84. The summed E-state index contributed by atoms with van der Waals surface area (Å²) < 4.78 is 38.1.